The molecule has 0 amide bonds. The number of para-hydroxylation sites is 1. The summed E-state index contributed by atoms with van der Waals surface area (Å²) in [7, 11) is 0. The first-order chi connectivity index (χ1) is 9.84. The maximum atomic E-state index is 12.4. The van der Waals surface area contributed by atoms with Gasteiger partial charge in [-0.05, 0) is 36.4 Å². The zero-order valence-corrected chi connectivity index (χ0v) is 11.9. The Kier molecular flexibility index (Phi) is 3.88. The van der Waals surface area contributed by atoms with E-state index in [0.29, 0.717) is 6.42 Å². The molecule has 2 nitrogen and oxygen atoms in total. The summed E-state index contributed by atoms with van der Waals surface area (Å²) in [6.07, 6.45) is 4.18. The lowest BCUT2D eigenvalue weighted by Crippen LogP contribution is -2.01. The topological polar surface area (TPSA) is 30.0 Å². The van der Waals surface area contributed by atoms with Crippen LogP contribution in [0.25, 0.3) is 10.9 Å². The van der Waals surface area contributed by atoms with Gasteiger partial charge >= 0.3 is 0 Å². The van der Waals surface area contributed by atoms with Crippen molar-refractivity contribution >= 4 is 28.0 Å². The largest absolute Gasteiger partial charge is 0.294 e. The number of rotatable bonds is 5. The lowest BCUT2D eigenvalue weighted by atomic mass is 10.0. The molecule has 20 heavy (non-hydrogen) atoms. The molecule has 2 heterocycles. The zero-order valence-electron chi connectivity index (χ0n) is 11.1. The molecule has 0 spiro atoms. The van der Waals surface area contributed by atoms with Crippen molar-refractivity contribution in [3.05, 3.63) is 64.5 Å². The minimum absolute atomic E-state index is 0.186. The number of carbonyl (C=O) groups excluding carboxylic acids is 1. The van der Waals surface area contributed by atoms with Crippen LogP contribution < -0.4 is 0 Å². The van der Waals surface area contributed by atoms with Crippen LogP contribution in [0.1, 0.15) is 28.1 Å². The van der Waals surface area contributed by atoms with Gasteiger partial charge in [-0.25, -0.2) is 0 Å². The number of hydrogen-bond acceptors (Lipinski definition) is 3. The minimum Gasteiger partial charge on any atom is -0.294 e. The number of aryl methyl sites for hydroxylation is 1. The highest BCUT2D eigenvalue weighted by molar-refractivity contribution is 7.09. The maximum Gasteiger partial charge on any atom is 0.165 e. The molecular weight excluding hydrogens is 266 g/mol. The molecule has 3 aromatic rings. The molecule has 0 aliphatic carbocycles. The predicted molar refractivity (Wildman–Crippen MR) is 83.3 cm³/mol. The van der Waals surface area contributed by atoms with Crippen LogP contribution in [0.15, 0.2) is 54.0 Å². The zero-order chi connectivity index (χ0) is 13.8. The molecule has 3 heteroatoms. The number of fused-ring (bicyclic) bond motifs is 1. The van der Waals surface area contributed by atoms with Crippen molar-refractivity contribution in [3.63, 3.8) is 0 Å². The van der Waals surface area contributed by atoms with E-state index in [9.17, 15) is 4.79 Å². The van der Waals surface area contributed by atoms with E-state index in [2.05, 4.69) is 22.5 Å². The van der Waals surface area contributed by atoms with Gasteiger partial charge in [0.2, 0.25) is 0 Å². The van der Waals surface area contributed by atoms with Crippen molar-refractivity contribution in [3.8, 4) is 0 Å². The lowest BCUT2D eigenvalue weighted by Gasteiger charge is -2.04. The average molecular weight is 281 g/mol. The molecule has 0 fully saturated rings. The first kappa shape index (κ1) is 13.0. The molecule has 100 valence electrons. The molecular formula is C17H15NOS. The highest BCUT2D eigenvalue weighted by Crippen LogP contribution is 2.19. The Morgan fingerprint density at radius 2 is 2.00 bits per heavy atom. The van der Waals surface area contributed by atoms with E-state index in [-0.39, 0.29) is 5.78 Å². The number of hydrogen-bond donors (Lipinski definition) is 0. The van der Waals surface area contributed by atoms with Crippen LogP contribution in [0.4, 0.5) is 0 Å². The smallest absolute Gasteiger partial charge is 0.165 e. The number of nitrogens with zero attached hydrogens (tertiary/aromatic N) is 1. The fraction of sp³-hybridized carbons (Fsp3) is 0.176. The Morgan fingerprint density at radius 3 is 2.85 bits per heavy atom. The van der Waals surface area contributed by atoms with Crippen LogP contribution >= 0.6 is 11.3 Å². The highest BCUT2D eigenvalue weighted by Gasteiger charge is 2.10. The Hall–Kier alpha value is -2.00. The molecule has 2 aromatic heterocycles. The maximum absolute atomic E-state index is 12.4. The summed E-state index contributed by atoms with van der Waals surface area (Å²) in [6, 6.07) is 13.9. The van der Waals surface area contributed by atoms with Crippen LogP contribution in [0.3, 0.4) is 0 Å². The third kappa shape index (κ3) is 2.78. The summed E-state index contributed by atoms with van der Waals surface area (Å²) in [5.41, 5.74) is 1.56. The second-order valence-electron chi connectivity index (χ2n) is 4.74. The molecule has 0 radical (unpaired) electrons. The fourth-order valence-corrected chi connectivity index (χ4v) is 3.09. The molecule has 1 aromatic carbocycles. The van der Waals surface area contributed by atoms with E-state index in [1.165, 1.54) is 4.88 Å². The van der Waals surface area contributed by atoms with E-state index in [1.54, 1.807) is 17.5 Å². The SMILES string of the molecule is O=C(CCCc1cccs1)c1cccc2cccnc12. The molecule has 0 saturated heterocycles. The number of aromatic nitrogens is 1. The number of benzene rings is 1. The van der Waals surface area contributed by atoms with Crippen molar-refractivity contribution in [1.82, 2.24) is 4.98 Å². The van der Waals surface area contributed by atoms with Crippen molar-refractivity contribution in [2.24, 2.45) is 0 Å². The molecule has 3 rings (SSSR count). The van der Waals surface area contributed by atoms with Gasteiger partial charge in [0, 0.05) is 28.4 Å². The van der Waals surface area contributed by atoms with Crippen molar-refractivity contribution in [1.29, 1.82) is 0 Å². The number of ketones is 1. The van der Waals surface area contributed by atoms with E-state index in [1.807, 2.05) is 30.3 Å². The summed E-state index contributed by atoms with van der Waals surface area (Å²) < 4.78 is 0. The lowest BCUT2D eigenvalue weighted by molar-refractivity contribution is 0.0981. The van der Waals surface area contributed by atoms with Gasteiger partial charge in [-0.1, -0.05) is 24.3 Å². The van der Waals surface area contributed by atoms with Gasteiger partial charge in [-0.3, -0.25) is 9.78 Å². The Labute approximate surface area is 122 Å². The molecule has 0 aliphatic heterocycles. The molecule has 0 N–H and O–H groups in total. The summed E-state index contributed by atoms with van der Waals surface area (Å²) in [5.74, 6) is 0.186. The second kappa shape index (κ2) is 5.97. The van der Waals surface area contributed by atoms with Crippen LogP contribution in [0.5, 0.6) is 0 Å². The minimum atomic E-state index is 0.186. The predicted octanol–water partition coefficient (Wildman–Crippen LogP) is 4.50. The molecule has 0 unspecified atom stereocenters. The van der Waals surface area contributed by atoms with Crippen LogP contribution in [-0.2, 0) is 6.42 Å². The second-order valence-corrected chi connectivity index (χ2v) is 5.77. The van der Waals surface area contributed by atoms with E-state index in [4.69, 9.17) is 0 Å². The molecule has 0 saturated carbocycles. The van der Waals surface area contributed by atoms with Crippen molar-refractivity contribution < 1.29 is 4.79 Å². The van der Waals surface area contributed by atoms with Crippen molar-refractivity contribution in [2.75, 3.05) is 0 Å². The monoisotopic (exact) mass is 281 g/mol. The van der Waals surface area contributed by atoms with Crippen molar-refractivity contribution in [2.45, 2.75) is 19.3 Å². The summed E-state index contributed by atoms with van der Waals surface area (Å²) in [6.45, 7) is 0. The standard InChI is InChI=1S/C17H15NOS/c19-16(10-2-7-14-8-4-12-20-14)15-9-1-5-13-6-3-11-18-17(13)15/h1,3-6,8-9,11-12H,2,7,10H2. The van der Waals surface area contributed by atoms with Crippen LogP contribution in [0, 0.1) is 0 Å². The first-order valence-corrected chi connectivity index (χ1v) is 7.62. The van der Waals surface area contributed by atoms with Gasteiger partial charge in [0.15, 0.2) is 5.78 Å². The summed E-state index contributed by atoms with van der Waals surface area (Å²) >= 11 is 1.75. The van der Waals surface area contributed by atoms with Crippen LogP contribution in [0.2, 0.25) is 0 Å². The van der Waals surface area contributed by atoms with Crippen LogP contribution in [-0.4, -0.2) is 10.8 Å². The molecule has 0 aliphatic rings. The molecule has 0 atom stereocenters. The van der Waals surface area contributed by atoms with Gasteiger partial charge in [-0.2, -0.15) is 0 Å². The quantitative estimate of drug-likeness (QED) is 0.644. The third-order valence-electron chi connectivity index (χ3n) is 3.34. The van der Waals surface area contributed by atoms with Gasteiger partial charge < -0.3 is 0 Å². The van der Waals surface area contributed by atoms with E-state index in [0.717, 1.165) is 29.3 Å². The number of pyridine rings is 1. The fourth-order valence-electron chi connectivity index (χ4n) is 2.34. The Balaban J connectivity index is 1.72. The Bertz CT molecular complexity index is 713. The van der Waals surface area contributed by atoms with Gasteiger partial charge in [0.25, 0.3) is 0 Å². The van der Waals surface area contributed by atoms with Gasteiger partial charge in [-0.15, -0.1) is 11.3 Å². The average Bonchev–Trinajstić information content (AvgIpc) is 3.00. The number of Topliss-reactive ketones (excluding diaryl/α,β-unsaturated/α-hetero) is 1. The normalized spacial score (nSPS) is 10.8. The van der Waals surface area contributed by atoms with Gasteiger partial charge in [0.05, 0.1) is 5.52 Å². The number of carbonyl (C=O) groups is 1. The molecule has 0 bridgehead atoms. The first-order valence-electron chi connectivity index (χ1n) is 6.74. The summed E-state index contributed by atoms with van der Waals surface area (Å²) in [4.78, 5) is 18.0. The third-order valence-corrected chi connectivity index (χ3v) is 4.28. The highest BCUT2D eigenvalue weighted by atomic mass is 32.1. The summed E-state index contributed by atoms with van der Waals surface area (Å²) in [5, 5.41) is 3.10. The van der Waals surface area contributed by atoms with E-state index >= 15 is 0 Å². The number of thiophene rings is 1. The van der Waals surface area contributed by atoms with Gasteiger partial charge in [0.1, 0.15) is 0 Å². The Morgan fingerprint density at radius 1 is 1.10 bits per heavy atom. The van der Waals surface area contributed by atoms with E-state index < -0.39 is 0 Å².